The number of pyridine rings is 1. The van der Waals surface area contributed by atoms with Crippen molar-refractivity contribution < 1.29 is 48.3 Å². The third kappa shape index (κ3) is 14.3. The van der Waals surface area contributed by atoms with Crippen LogP contribution in [0.4, 0.5) is 11.5 Å². The molecule has 3 aromatic carbocycles. The largest absolute Gasteiger partial charge is 0.478 e. The second-order valence-corrected chi connectivity index (χ2v) is 19.9. The summed E-state index contributed by atoms with van der Waals surface area (Å²) in [5.41, 5.74) is 8.75. The molecule has 0 saturated carbocycles. The van der Waals surface area contributed by atoms with E-state index in [1.165, 1.54) is 4.90 Å². The lowest BCUT2D eigenvalue weighted by Gasteiger charge is -2.35. The first kappa shape index (κ1) is 53.9. The number of hydrogen-bond donors (Lipinski definition) is 5. The van der Waals surface area contributed by atoms with Crippen molar-refractivity contribution in [3.8, 4) is 33.0 Å². The molecular weight excluding hydrogens is 981 g/mol. The van der Waals surface area contributed by atoms with Gasteiger partial charge in [0.15, 0.2) is 0 Å². The van der Waals surface area contributed by atoms with Crippen LogP contribution in [0, 0.1) is 12.3 Å². The summed E-state index contributed by atoms with van der Waals surface area (Å²) in [4.78, 5) is 63.5. The maximum absolute atomic E-state index is 14.0. The molecule has 0 spiro atoms. The van der Waals surface area contributed by atoms with Crippen molar-refractivity contribution in [3.63, 3.8) is 0 Å². The van der Waals surface area contributed by atoms with Gasteiger partial charge in [-0.2, -0.15) is 0 Å². The van der Waals surface area contributed by atoms with E-state index in [-0.39, 0.29) is 50.8 Å². The van der Waals surface area contributed by atoms with Gasteiger partial charge in [0.2, 0.25) is 17.7 Å². The molecule has 1 aliphatic heterocycles. The van der Waals surface area contributed by atoms with Gasteiger partial charge in [0.05, 0.1) is 86.7 Å². The number of amides is 3. The van der Waals surface area contributed by atoms with Crippen LogP contribution < -0.4 is 16.0 Å². The number of carboxylic acid groups (broad SMARTS) is 1. The number of likely N-dealkylation sites (tertiary alicyclic amines) is 1. The van der Waals surface area contributed by atoms with Crippen molar-refractivity contribution in [2.75, 3.05) is 64.7 Å². The third-order valence-electron chi connectivity index (χ3n) is 12.4. The van der Waals surface area contributed by atoms with Gasteiger partial charge in [0.25, 0.3) is 0 Å². The summed E-state index contributed by atoms with van der Waals surface area (Å²) < 4.78 is 26.2. The van der Waals surface area contributed by atoms with E-state index in [9.17, 15) is 29.4 Å². The smallest absolute Gasteiger partial charge is 0.335 e. The number of carbonyl (C=O) groups excluding carboxylic acids is 3. The standard InChI is InChI=1S/C54H62N10O10S/c1-35-48(75-34-56-35)38-12-10-36(11-13-38)30-55-51(67)44-29-42(65)31-64(44)52(68)49(54(2,3)4)59-46(66)33-74-27-26-73-25-24-72-23-22-71-21-20-62-32-43(60-61-62)40-18-19-63-45(28-40)58-47(37-8-6-5-7-9-37)50(63)57-41-16-14-39(15-17-41)53(69)70/h5-19,28,32,34,42,44,49,57,65H,20-27,29-31,33H2,1-4H3,(H,55,67)(H,59,66)(H,69,70)/t42-,44+,49?/m1/s1. The quantitative estimate of drug-likeness (QED) is 0.0412. The van der Waals surface area contributed by atoms with Crippen LogP contribution in [0.2, 0.25) is 0 Å². The fourth-order valence-electron chi connectivity index (χ4n) is 8.46. The van der Waals surface area contributed by atoms with E-state index in [2.05, 4.69) is 31.2 Å². The maximum atomic E-state index is 14.0. The fourth-order valence-corrected chi connectivity index (χ4v) is 9.27. The van der Waals surface area contributed by atoms with Crippen LogP contribution in [0.5, 0.6) is 0 Å². The monoisotopic (exact) mass is 1040 g/mol. The van der Waals surface area contributed by atoms with Crippen LogP contribution in [0.1, 0.15) is 48.8 Å². The fraction of sp³-hybridized carbons (Fsp3) is 0.370. The van der Waals surface area contributed by atoms with E-state index < -0.39 is 41.4 Å². The Hall–Kier alpha value is -7.40. The van der Waals surface area contributed by atoms with Gasteiger partial charge in [0.1, 0.15) is 41.5 Å². The van der Waals surface area contributed by atoms with Crippen molar-refractivity contribution in [2.24, 2.45) is 5.41 Å². The zero-order chi connectivity index (χ0) is 52.9. The normalized spacial score (nSPS) is 15.0. The summed E-state index contributed by atoms with van der Waals surface area (Å²) in [6.45, 7) is 9.98. The number of rotatable bonds is 25. The van der Waals surface area contributed by atoms with E-state index in [1.807, 2.05) is 117 Å². The molecule has 0 bridgehead atoms. The van der Waals surface area contributed by atoms with Gasteiger partial charge in [0, 0.05) is 42.5 Å². The molecule has 20 nitrogen and oxygen atoms in total. The van der Waals surface area contributed by atoms with Gasteiger partial charge in [-0.25, -0.2) is 19.4 Å². The molecule has 5 N–H and O–H groups in total. The van der Waals surface area contributed by atoms with Crippen LogP contribution >= 0.6 is 11.3 Å². The van der Waals surface area contributed by atoms with Gasteiger partial charge in [-0.3, -0.25) is 18.8 Å². The molecule has 75 heavy (non-hydrogen) atoms. The molecular formula is C54H62N10O10S. The molecule has 1 fully saturated rings. The first-order chi connectivity index (χ1) is 36.2. The SMILES string of the molecule is Cc1ncsc1-c1ccc(CNC(=O)[C@@H]2C[C@@H](O)CN2C(=O)C(NC(=O)COCCOCCOCCOCCn2cc(-c3ccn4c(Nc5ccc(C(=O)O)cc5)c(-c5ccccc5)nc4c3)nn2)C(C)(C)C)cc1. The summed E-state index contributed by atoms with van der Waals surface area (Å²) in [5.74, 6) is -1.58. The Morgan fingerprint density at radius 1 is 0.840 bits per heavy atom. The van der Waals surface area contributed by atoms with Crippen molar-refractivity contribution >= 4 is 52.2 Å². The molecule has 3 amide bonds. The number of fused-ring (bicyclic) bond motifs is 1. The number of aromatic nitrogens is 6. The lowest BCUT2D eigenvalue weighted by molar-refractivity contribution is -0.144. The predicted octanol–water partition coefficient (Wildman–Crippen LogP) is 6.01. The van der Waals surface area contributed by atoms with Crippen molar-refractivity contribution in [2.45, 2.75) is 65.4 Å². The number of nitrogens with one attached hydrogen (secondary N) is 3. The number of nitrogens with zero attached hydrogens (tertiary/aromatic N) is 7. The summed E-state index contributed by atoms with van der Waals surface area (Å²) in [7, 11) is 0. The number of aromatic carboxylic acids is 1. The summed E-state index contributed by atoms with van der Waals surface area (Å²) in [6, 6.07) is 26.2. The number of hydrogen-bond acceptors (Lipinski definition) is 15. The summed E-state index contributed by atoms with van der Waals surface area (Å²) in [6.07, 6.45) is 2.97. The Labute approximate surface area is 438 Å². The second-order valence-electron chi connectivity index (χ2n) is 19.0. The van der Waals surface area contributed by atoms with Crippen molar-refractivity contribution in [1.29, 1.82) is 0 Å². The number of carboxylic acids is 1. The predicted molar refractivity (Wildman–Crippen MR) is 281 cm³/mol. The van der Waals surface area contributed by atoms with Crippen LogP contribution in [-0.4, -0.2) is 146 Å². The zero-order valence-corrected chi connectivity index (χ0v) is 43.1. The van der Waals surface area contributed by atoms with Gasteiger partial charge in [-0.05, 0) is 59.9 Å². The van der Waals surface area contributed by atoms with Crippen LogP contribution in [-0.2, 0) is 46.4 Å². The Morgan fingerprint density at radius 2 is 1.53 bits per heavy atom. The minimum absolute atomic E-state index is 0.0246. The van der Waals surface area contributed by atoms with E-state index in [0.717, 1.165) is 50.0 Å². The van der Waals surface area contributed by atoms with Gasteiger partial charge in [-0.15, -0.1) is 16.4 Å². The average molecular weight is 1040 g/mol. The molecule has 7 aromatic rings. The minimum Gasteiger partial charge on any atom is -0.478 e. The molecule has 1 unspecified atom stereocenters. The van der Waals surface area contributed by atoms with Crippen molar-refractivity contribution in [3.05, 3.63) is 126 Å². The molecule has 8 rings (SSSR count). The van der Waals surface area contributed by atoms with Gasteiger partial charge in [-0.1, -0.05) is 80.6 Å². The Kier molecular flexibility index (Phi) is 18.1. The highest BCUT2D eigenvalue weighted by molar-refractivity contribution is 7.13. The molecule has 21 heteroatoms. The number of thiazole rings is 1. The molecule has 5 heterocycles. The molecule has 0 aliphatic carbocycles. The highest BCUT2D eigenvalue weighted by atomic mass is 32.1. The number of β-amino-alcohol motifs (C(OH)–C–C–N with tert-alkyl or cyclic N) is 1. The number of anilines is 2. The van der Waals surface area contributed by atoms with E-state index in [4.69, 9.17) is 23.9 Å². The van der Waals surface area contributed by atoms with Gasteiger partial charge < -0.3 is 50.0 Å². The third-order valence-corrected chi connectivity index (χ3v) is 13.4. The molecule has 3 atom stereocenters. The molecule has 0 radical (unpaired) electrons. The zero-order valence-electron chi connectivity index (χ0n) is 42.3. The van der Waals surface area contributed by atoms with E-state index in [0.29, 0.717) is 50.9 Å². The number of ether oxygens (including phenoxy) is 4. The number of carbonyl (C=O) groups is 4. The van der Waals surface area contributed by atoms with E-state index >= 15 is 0 Å². The highest BCUT2D eigenvalue weighted by Gasteiger charge is 2.44. The molecule has 4 aromatic heterocycles. The first-order valence-corrected chi connectivity index (χ1v) is 25.5. The number of aryl methyl sites for hydroxylation is 1. The minimum atomic E-state index is -0.990. The first-order valence-electron chi connectivity index (χ1n) is 24.7. The lowest BCUT2D eigenvalue weighted by atomic mass is 9.85. The average Bonchev–Trinajstić information content (AvgIpc) is 4.23. The Morgan fingerprint density at radius 3 is 2.20 bits per heavy atom. The maximum Gasteiger partial charge on any atom is 0.335 e. The molecule has 1 saturated heterocycles. The second kappa shape index (κ2) is 25.2. The summed E-state index contributed by atoms with van der Waals surface area (Å²) >= 11 is 1.57. The van der Waals surface area contributed by atoms with Crippen LogP contribution in [0.25, 0.3) is 38.6 Å². The topological polar surface area (TPSA) is 246 Å². The number of aliphatic hydroxyl groups is 1. The lowest BCUT2D eigenvalue weighted by Crippen LogP contribution is -2.58. The Balaban J connectivity index is 0.697. The van der Waals surface area contributed by atoms with E-state index in [1.54, 1.807) is 40.3 Å². The number of benzene rings is 3. The number of aliphatic hydroxyl groups excluding tert-OH is 1. The van der Waals surface area contributed by atoms with Gasteiger partial charge >= 0.3 is 5.97 Å². The summed E-state index contributed by atoms with van der Waals surface area (Å²) in [5, 5.41) is 37.7. The highest BCUT2D eigenvalue weighted by Crippen LogP contribution is 2.33. The van der Waals surface area contributed by atoms with Crippen molar-refractivity contribution in [1.82, 2.24) is 44.9 Å². The molecule has 1 aliphatic rings. The van der Waals surface area contributed by atoms with Crippen LogP contribution in [0.3, 0.4) is 0 Å². The van der Waals surface area contributed by atoms with Crippen LogP contribution in [0.15, 0.2) is 109 Å². The number of imidazole rings is 1. The molecule has 394 valence electrons. The Bertz CT molecular complexity index is 3030.